The van der Waals surface area contributed by atoms with Crippen LogP contribution in [0, 0.1) is 24.1 Å². The van der Waals surface area contributed by atoms with E-state index in [4.69, 9.17) is 14.4 Å². The molecule has 0 aliphatic carbocycles. The molecule has 0 aliphatic heterocycles. The fourth-order valence-electron chi connectivity index (χ4n) is 2.29. The maximum atomic E-state index is 13.3. The summed E-state index contributed by atoms with van der Waals surface area (Å²) in [4.78, 5) is 25.6. The zero-order valence-electron chi connectivity index (χ0n) is 13.6. The zero-order valence-corrected chi connectivity index (χ0v) is 13.6. The maximum absolute atomic E-state index is 13.3. The van der Waals surface area contributed by atoms with E-state index >= 15 is 0 Å². The summed E-state index contributed by atoms with van der Waals surface area (Å²) >= 11 is 0. The third kappa shape index (κ3) is 3.54. The molecular weight excluding hydrogens is 315 g/mol. The Morgan fingerprint density at radius 3 is 2.83 bits per heavy atom. The molecule has 0 saturated carbocycles. The van der Waals surface area contributed by atoms with Crippen molar-refractivity contribution in [2.24, 2.45) is 0 Å². The fourth-order valence-corrected chi connectivity index (χ4v) is 2.29. The van der Waals surface area contributed by atoms with Crippen molar-refractivity contribution in [3.63, 3.8) is 0 Å². The number of amides is 1. The number of nitrogens with zero attached hydrogens (tertiary/aromatic N) is 2. The van der Waals surface area contributed by atoms with Crippen LogP contribution in [0.15, 0.2) is 22.6 Å². The number of carbonyl (C=O) groups excluding carboxylic acids is 2. The number of hydrogen-bond acceptors (Lipinski definition) is 5. The van der Waals surface area contributed by atoms with Gasteiger partial charge < -0.3 is 14.1 Å². The van der Waals surface area contributed by atoms with E-state index in [9.17, 15) is 14.0 Å². The highest BCUT2D eigenvalue weighted by atomic mass is 19.1. The molecule has 1 heterocycles. The Kier molecular flexibility index (Phi) is 5.19. The molecule has 1 aromatic carbocycles. The fraction of sp³-hybridized carbons (Fsp3) is 0.353. The van der Waals surface area contributed by atoms with Crippen LogP contribution in [0.4, 0.5) is 4.39 Å². The molecule has 0 spiro atoms. The second-order valence-corrected chi connectivity index (χ2v) is 5.41. The van der Waals surface area contributed by atoms with Crippen LogP contribution >= 0.6 is 0 Å². The number of nitriles is 1. The molecule has 6 nitrogen and oxygen atoms in total. The zero-order chi connectivity index (χ0) is 17.9. The molecule has 2 aromatic rings. The minimum atomic E-state index is -1.02. The van der Waals surface area contributed by atoms with E-state index in [1.807, 2.05) is 6.07 Å². The van der Waals surface area contributed by atoms with Gasteiger partial charge in [-0.1, -0.05) is 0 Å². The number of aryl methyl sites for hydroxylation is 1. The number of hydrogen-bond donors (Lipinski definition) is 0. The van der Waals surface area contributed by atoms with Crippen LogP contribution in [0.3, 0.4) is 0 Å². The van der Waals surface area contributed by atoms with Crippen molar-refractivity contribution in [1.29, 1.82) is 5.26 Å². The SMILES string of the molecule is Cc1c(C(=O)O[C@@H](C)C(=O)N(C)CCC#N)oc2ccc(F)cc12. The molecule has 0 radical (unpaired) electrons. The van der Waals surface area contributed by atoms with E-state index in [1.165, 1.54) is 37.1 Å². The number of rotatable bonds is 5. The molecule has 1 atom stereocenters. The smallest absolute Gasteiger partial charge is 0.375 e. The van der Waals surface area contributed by atoms with Crippen molar-refractivity contribution >= 4 is 22.8 Å². The Labute approximate surface area is 138 Å². The molecule has 24 heavy (non-hydrogen) atoms. The van der Waals surface area contributed by atoms with Gasteiger partial charge in [-0.3, -0.25) is 4.79 Å². The highest BCUT2D eigenvalue weighted by Gasteiger charge is 2.26. The summed E-state index contributed by atoms with van der Waals surface area (Å²) in [6.45, 7) is 3.31. The number of benzene rings is 1. The van der Waals surface area contributed by atoms with Gasteiger partial charge in [0.05, 0.1) is 12.5 Å². The van der Waals surface area contributed by atoms with Crippen molar-refractivity contribution in [3.8, 4) is 6.07 Å². The number of fused-ring (bicyclic) bond motifs is 1. The van der Waals surface area contributed by atoms with E-state index in [0.29, 0.717) is 16.5 Å². The average molecular weight is 332 g/mol. The topological polar surface area (TPSA) is 83.5 Å². The minimum absolute atomic E-state index is 0.0603. The second kappa shape index (κ2) is 7.13. The van der Waals surface area contributed by atoms with Gasteiger partial charge >= 0.3 is 5.97 Å². The second-order valence-electron chi connectivity index (χ2n) is 5.41. The molecular formula is C17H17FN2O4. The van der Waals surface area contributed by atoms with Gasteiger partial charge in [0.25, 0.3) is 5.91 Å². The third-order valence-corrected chi connectivity index (χ3v) is 3.65. The highest BCUT2D eigenvalue weighted by Crippen LogP contribution is 2.26. The van der Waals surface area contributed by atoms with Gasteiger partial charge in [0.15, 0.2) is 6.10 Å². The molecule has 0 N–H and O–H groups in total. The lowest BCUT2D eigenvalue weighted by Gasteiger charge is -2.20. The first-order valence-corrected chi connectivity index (χ1v) is 7.36. The summed E-state index contributed by atoms with van der Waals surface area (Å²) in [7, 11) is 1.53. The molecule has 2 rings (SSSR count). The van der Waals surface area contributed by atoms with E-state index in [0.717, 1.165) is 0 Å². The highest BCUT2D eigenvalue weighted by molar-refractivity contribution is 5.97. The lowest BCUT2D eigenvalue weighted by atomic mass is 10.1. The van der Waals surface area contributed by atoms with Crippen LogP contribution in [-0.4, -0.2) is 36.5 Å². The Morgan fingerprint density at radius 1 is 1.46 bits per heavy atom. The quantitative estimate of drug-likeness (QED) is 0.786. The van der Waals surface area contributed by atoms with Crippen LogP contribution in [0.2, 0.25) is 0 Å². The first-order chi connectivity index (χ1) is 11.3. The predicted octanol–water partition coefficient (Wildman–Crippen LogP) is 2.80. The third-order valence-electron chi connectivity index (χ3n) is 3.65. The number of esters is 1. The first kappa shape index (κ1) is 17.5. The van der Waals surface area contributed by atoms with Crippen molar-refractivity contribution in [1.82, 2.24) is 4.90 Å². The van der Waals surface area contributed by atoms with Crippen molar-refractivity contribution in [2.75, 3.05) is 13.6 Å². The van der Waals surface area contributed by atoms with Crippen LogP contribution < -0.4 is 0 Å². The van der Waals surface area contributed by atoms with Gasteiger partial charge in [0, 0.05) is 24.5 Å². The van der Waals surface area contributed by atoms with Gasteiger partial charge in [-0.25, -0.2) is 9.18 Å². The van der Waals surface area contributed by atoms with Gasteiger partial charge in [-0.15, -0.1) is 0 Å². The number of furan rings is 1. The standard InChI is InChI=1S/C17H17FN2O4/c1-10-13-9-12(18)5-6-14(13)24-15(10)17(22)23-11(2)16(21)20(3)8-4-7-19/h5-6,9,11H,4,8H2,1-3H3/t11-/m0/s1. The molecule has 1 aromatic heterocycles. The lowest BCUT2D eigenvalue weighted by molar-refractivity contribution is -0.138. The summed E-state index contributed by atoms with van der Waals surface area (Å²) in [6.07, 6.45) is -0.831. The molecule has 1 amide bonds. The summed E-state index contributed by atoms with van der Waals surface area (Å²) in [5.74, 6) is -1.71. The summed E-state index contributed by atoms with van der Waals surface area (Å²) in [5.41, 5.74) is 0.818. The van der Waals surface area contributed by atoms with E-state index in [-0.39, 0.29) is 18.7 Å². The molecule has 126 valence electrons. The number of carbonyl (C=O) groups is 2. The Bertz CT molecular complexity index is 822. The molecule has 7 heteroatoms. The molecule has 0 fully saturated rings. The van der Waals surface area contributed by atoms with Crippen LogP contribution in [0.25, 0.3) is 11.0 Å². The maximum Gasteiger partial charge on any atom is 0.375 e. The number of ether oxygens (including phenoxy) is 1. The Balaban J connectivity index is 2.14. The summed E-state index contributed by atoms with van der Waals surface area (Å²) < 4.78 is 23.9. The van der Waals surface area contributed by atoms with Gasteiger partial charge in [0.2, 0.25) is 5.76 Å². The molecule has 0 unspecified atom stereocenters. The van der Waals surface area contributed by atoms with Gasteiger partial charge in [-0.2, -0.15) is 5.26 Å². The monoisotopic (exact) mass is 332 g/mol. The van der Waals surface area contributed by atoms with E-state index in [2.05, 4.69) is 0 Å². The van der Waals surface area contributed by atoms with E-state index in [1.54, 1.807) is 6.92 Å². The van der Waals surface area contributed by atoms with Crippen molar-refractivity contribution in [3.05, 3.63) is 35.3 Å². The number of halogens is 1. The minimum Gasteiger partial charge on any atom is -0.449 e. The summed E-state index contributed by atoms with van der Waals surface area (Å²) in [6, 6.07) is 5.87. The average Bonchev–Trinajstić information content (AvgIpc) is 2.88. The van der Waals surface area contributed by atoms with Crippen LogP contribution in [0.5, 0.6) is 0 Å². The molecule has 0 saturated heterocycles. The molecule has 0 aliphatic rings. The first-order valence-electron chi connectivity index (χ1n) is 7.36. The Morgan fingerprint density at radius 2 is 2.17 bits per heavy atom. The largest absolute Gasteiger partial charge is 0.449 e. The van der Waals surface area contributed by atoms with Crippen molar-refractivity contribution in [2.45, 2.75) is 26.4 Å². The Hall–Kier alpha value is -2.88. The number of likely N-dealkylation sites (N-methyl/N-ethyl adjacent to an activating group) is 1. The van der Waals surface area contributed by atoms with Gasteiger partial charge in [0.1, 0.15) is 11.4 Å². The van der Waals surface area contributed by atoms with Crippen LogP contribution in [-0.2, 0) is 9.53 Å². The van der Waals surface area contributed by atoms with Crippen molar-refractivity contribution < 1.29 is 23.1 Å². The molecule has 0 bridgehead atoms. The summed E-state index contributed by atoms with van der Waals surface area (Å²) in [5, 5.41) is 9.02. The van der Waals surface area contributed by atoms with Crippen LogP contribution in [0.1, 0.15) is 29.5 Å². The normalized spacial score (nSPS) is 11.8. The van der Waals surface area contributed by atoms with Gasteiger partial charge in [-0.05, 0) is 32.0 Å². The van der Waals surface area contributed by atoms with E-state index < -0.39 is 23.8 Å². The predicted molar refractivity (Wildman–Crippen MR) is 83.7 cm³/mol. The lowest BCUT2D eigenvalue weighted by Crippen LogP contribution is -2.37.